The van der Waals surface area contributed by atoms with Gasteiger partial charge in [-0.1, -0.05) is 20.8 Å². The van der Waals surface area contributed by atoms with Gasteiger partial charge in [0, 0.05) is 19.1 Å². The molecule has 0 saturated carbocycles. The fourth-order valence-electron chi connectivity index (χ4n) is 2.71. The Bertz CT molecular complexity index is 518. The summed E-state index contributed by atoms with van der Waals surface area (Å²) in [6, 6.07) is 0.0885. The van der Waals surface area contributed by atoms with Crippen LogP contribution in [0.5, 0.6) is 0 Å². The number of hydrogen-bond donors (Lipinski definition) is 2. The molecule has 1 aromatic heterocycles. The van der Waals surface area contributed by atoms with Gasteiger partial charge < -0.3 is 16.0 Å². The molecule has 1 atom stereocenters. The van der Waals surface area contributed by atoms with Crippen molar-refractivity contribution in [2.75, 3.05) is 23.7 Å². The van der Waals surface area contributed by atoms with Crippen molar-refractivity contribution in [2.45, 2.75) is 47.1 Å². The van der Waals surface area contributed by atoms with Crippen molar-refractivity contribution in [1.29, 1.82) is 0 Å². The molecule has 1 aliphatic rings. The lowest BCUT2D eigenvalue weighted by molar-refractivity contribution is 0.0945. The van der Waals surface area contributed by atoms with E-state index in [0.717, 1.165) is 24.5 Å². The van der Waals surface area contributed by atoms with Crippen molar-refractivity contribution in [2.24, 2.45) is 11.3 Å². The number of nitrogen functional groups attached to an aromatic ring is 1. The first-order valence-electron chi connectivity index (χ1n) is 7.51. The molecular formula is C15H26N4OS. The summed E-state index contributed by atoms with van der Waals surface area (Å²) in [6.07, 6.45) is 1.15. The highest BCUT2D eigenvalue weighted by Gasteiger charge is 2.34. The molecule has 21 heavy (non-hydrogen) atoms. The van der Waals surface area contributed by atoms with Gasteiger partial charge in [-0.2, -0.15) is 4.37 Å². The fourth-order valence-corrected chi connectivity index (χ4v) is 3.55. The largest absolute Gasteiger partial charge is 0.382 e. The Morgan fingerprint density at radius 2 is 2.14 bits per heavy atom. The van der Waals surface area contributed by atoms with Crippen molar-refractivity contribution in [3.8, 4) is 0 Å². The summed E-state index contributed by atoms with van der Waals surface area (Å²) in [5.41, 5.74) is 6.75. The van der Waals surface area contributed by atoms with Gasteiger partial charge in [-0.3, -0.25) is 4.79 Å². The Kier molecular flexibility index (Phi) is 4.46. The van der Waals surface area contributed by atoms with Crippen LogP contribution in [-0.4, -0.2) is 29.4 Å². The van der Waals surface area contributed by atoms with Gasteiger partial charge in [0.15, 0.2) is 5.82 Å². The van der Waals surface area contributed by atoms with Crippen LogP contribution in [0.1, 0.15) is 51.4 Å². The Morgan fingerprint density at radius 1 is 1.48 bits per heavy atom. The van der Waals surface area contributed by atoms with Crippen molar-refractivity contribution >= 4 is 28.3 Å². The molecule has 1 fully saturated rings. The molecule has 1 aliphatic heterocycles. The second kappa shape index (κ2) is 5.83. The van der Waals surface area contributed by atoms with Crippen molar-refractivity contribution < 1.29 is 4.79 Å². The molecule has 5 nitrogen and oxygen atoms in total. The molecular weight excluding hydrogens is 284 g/mol. The summed E-state index contributed by atoms with van der Waals surface area (Å²) < 4.78 is 4.19. The SMILES string of the molecule is CC(C)NC(=O)c1c(N)nsc1N1CCC(C(C)(C)C)C1. The van der Waals surface area contributed by atoms with E-state index in [9.17, 15) is 4.79 Å². The zero-order valence-electron chi connectivity index (χ0n) is 13.6. The topological polar surface area (TPSA) is 71.2 Å². The first kappa shape index (κ1) is 16.1. The maximum Gasteiger partial charge on any atom is 0.258 e. The van der Waals surface area contributed by atoms with Gasteiger partial charge in [0.1, 0.15) is 10.6 Å². The molecule has 2 rings (SSSR count). The Labute approximate surface area is 131 Å². The van der Waals surface area contributed by atoms with Gasteiger partial charge in [-0.05, 0) is 43.1 Å². The number of hydrogen-bond acceptors (Lipinski definition) is 5. The maximum absolute atomic E-state index is 12.3. The van der Waals surface area contributed by atoms with E-state index in [1.165, 1.54) is 11.5 Å². The van der Waals surface area contributed by atoms with Crippen LogP contribution in [0.3, 0.4) is 0 Å². The summed E-state index contributed by atoms with van der Waals surface area (Å²) in [5, 5.41) is 3.83. The highest BCUT2D eigenvalue weighted by molar-refractivity contribution is 7.11. The molecule has 0 spiro atoms. The number of nitrogens with two attached hydrogens (primary N) is 1. The zero-order chi connectivity index (χ0) is 15.8. The zero-order valence-corrected chi connectivity index (χ0v) is 14.4. The van der Waals surface area contributed by atoms with Crippen molar-refractivity contribution in [3.05, 3.63) is 5.56 Å². The minimum atomic E-state index is -0.120. The monoisotopic (exact) mass is 310 g/mol. The summed E-state index contributed by atoms with van der Waals surface area (Å²) in [4.78, 5) is 14.6. The predicted octanol–water partition coefficient (Wildman–Crippen LogP) is 2.74. The minimum Gasteiger partial charge on any atom is -0.382 e. The molecule has 1 unspecified atom stereocenters. The maximum atomic E-state index is 12.3. The molecule has 2 heterocycles. The number of anilines is 2. The number of carbonyl (C=O) groups is 1. The molecule has 118 valence electrons. The smallest absolute Gasteiger partial charge is 0.258 e. The van der Waals surface area contributed by atoms with Crippen LogP contribution in [0.2, 0.25) is 0 Å². The van der Waals surface area contributed by atoms with Crippen LogP contribution in [0.25, 0.3) is 0 Å². The first-order chi connectivity index (χ1) is 9.70. The van der Waals surface area contributed by atoms with Gasteiger partial charge in [-0.25, -0.2) is 0 Å². The molecule has 0 aliphatic carbocycles. The van der Waals surface area contributed by atoms with Gasteiger partial charge in [0.05, 0.1) is 0 Å². The number of nitrogens with one attached hydrogen (secondary N) is 1. The molecule has 0 radical (unpaired) electrons. The normalized spacial score (nSPS) is 19.3. The molecule has 3 N–H and O–H groups in total. The Hall–Kier alpha value is -1.30. The van der Waals surface area contributed by atoms with Crippen LogP contribution in [-0.2, 0) is 0 Å². The van der Waals surface area contributed by atoms with Crippen LogP contribution < -0.4 is 16.0 Å². The average Bonchev–Trinajstić information content (AvgIpc) is 2.92. The quantitative estimate of drug-likeness (QED) is 0.900. The van der Waals surface area contributed by atoms with Gasteiger partial charge >= 0.3 is 0 Å². The van der Waals surface area contributed by atoms with Gasteiger partial charge in [-0.15, -0.1) is 0 Å². The van der Waals surface area contributed by atoms with Gasteiger partial charge in [0.2, 0.25) is 0 Å². The highest BCUT2D eigenvalue weighted by atomic mass is 32.1. The minimum absolute atomic E-state index is 0.0885. The molecule has 1 aromatic rings. The van der Waals surface area contributed by atoms with Crippen molar-refractivity contribution in [1.82, 2.24) is 9.69 Å². The lowest BCUT2D eigenvalue weighted by Gasteiger charge is -2.27. The van der Waals surface area contributed by atoms with E-state index in [0.29, 0.717) is 17.3 Å². The predicted molar refractivity (Wildman–Crippen MR) is 88.9 cm³/mol. The van der Waals surface area contributed by atoms with E-state index in [4.69, 9.17) is 5.73 Å². The summed E-state index contributed by atoms with van der Waals surface area (Å²) in [7, 11) is 0. The molecule has 1 amide bonds. The highest BCUT2D eigenvalue weighted by Crippen LogP contribution is 2.39. The van der Waals surface area contributed by atoms with Crippen LogP contribution >= 0.6 is 11.5 Å². The van der Waals surface area contributed by atoms with Crippen LogP contribution in [0, 0.1) is 11.3 Å². The van der Waals surface area contributed by atoms with E-state index in [1.54, 1.807) is 0 Å². The van der Waals surface area contributed by atoms with Crippen molar-refractivity contribution in [3.63, 3.8) is 0 Å². The van der Waals surface area contributed by atoms with Crippen LogP contribution in [0.15, 0.2) is 0 Å². The second-order valence-corrected chi connectivity index (χ2v) is 7.93. The number of amides is 1. The van der Waals surface area contributed by atoms with E-state index < -0.39 is 0 Å². The van der Waals surface area contributed by atoms with Crippen LogP contribution in [0.4, 0.5) is 10.8 Å². The number of rotatable bonds is 3. The third-order valence-electron chi connectivity index (χ3n) is 4.05. The van der Waals surface area contributed by atoms with E-state index in [1.807, 2.05) is 13.8 Å². The average molecular weight is 310 g/mol. The summed E-state index contributed by atoms with van der Waals surface area (Å²) in [5.74, 6) is 0.847. The first-order valence-corrected chi connectivity index (χ1v) is 8.28. The van der Waals surface area contributed by atoms with E-state index in [2.05, 4.69) is 35.4 Å². The number of nitrogens with zero attached hydrogens (tertiary/aromatic N) is 2. The van der Waals surface area contributed by atoms with E-state index in [-0.39, 0.29) is 17.4 Å². The lowest BCUT2D eigenvalue weighted by atomic mass is 9.80. The summed E-state index contributed by atoms with van der Waals surface area (Å²) in [6.45, 7) is 12.6. The summed E-state index contributed by atoms with van der Waals surface area (Å²) >= 11 is 1.33. The molecule has 6 heteroatoms. The molecule has 1 saturated heterocycles. The number of aromatic nitrogens is 1. The third-order valence-corrected chi connectivity index (χ3v) is 4.97. The Balaban J connectivity index is 2.21. The fraction of sp³-hybridized carbons (Fsp3) is 0.733. The van der Waals surface area contributed by atoms with Gasteiger partial charge in [0.25, 0.3) is 5.91 Å². The second-order valence-electron chi connectivity index (χ2n) is 7.17. The lowest BCUT2D eigenvalue weighted by Crippen LogP contribution is -2.32. The molecule has 0 aromatic carbocycles. The third kappa shape index (κ3) is 3.48. The number of carbonyl (C=O) groups excluding carboxylic acids is 1. The Morgan fingerprint density at radius 3 is 2.67 bits per heavy atom. The van der Waals surface area contributed by atoms with E-state index >= 15 is 0 Å². The standard InChI is InChI=1S/C15H26N4OS/c1-9(2)17-13(20)11-12(16)18-21-14(11)19-7-6-10(8-19)15(3,4)5/h9-10H,6-8H2,1-5H3,(H2,16,18)(H,17,20). The molecule has 0 bridgehead atoms.